The molecular formula is C11H20N2O3. The normalized spacial score (nSPS) is 15.6. The molecule has 5 heteroatoms. The fourth-order valence-corrected chi connectivity index (χ4v) is 1.24. The third-order valence-electron chi connectivity index (χ3n) is 2.80. The summed E-state index contributed by atoms with van der Waals surface area (Å²) in [5.74, 6) is -0.124. The van der Waals surface area contributed by atoms with Gasteiger partial charge in [-0.2, -0.15) is 0 Å². The number of amides is 2. The Kier molecular flexibility index (Phi) is 4.15. The van der Waals surface area contributed by atoms with Crippen LogP contribution in [0.1, 0.15) is 33.1 Å². The number of carboxylic acid groups (broad SMARTS) is 1. The monoisotopic (exact) mass is 228 g/mol. The lowest BCUT2D eigenvalue weighted by Crippen LogP contribution is -2.43. The van der Waals surface area contributed by atoms with E-state index in [4.69, 9.17) is 5.11 Å². The van der Waals surface area contributed by atoms with Crippen molar-refractivity contribution in [2.24, 2.45) is 11.3 Å². The maximum Gasteiger partial charge on any atom is 0.314 e. The zero-order valence-corrected chi connectivity index (χ0v) is 9.88. The van der Waals surface area contributed by atoms with Gasteiger partial charge >= 0.3 is 12.0 Å². The topological polar surface area (TPSA) is 78.4 Å². The highest BCUT2D eigenvalue weighted by molar-refractivity contribution is 5.77. The van der Waals surface area contributed by atoms with E-state index in [-0.39, 0.29) is 12.6 Å². The standard InChI is InChI=1S/C11H20N2O3/c1-11(2,9(14)15)7-13-10(16)12-6-5-8-3-4-8/h8H,3-7H2,1-2H3,(H,14,15)(H2,12,13,16). The summed E-state index contributed by atoms with van der Waals surface area (Å²) in [5.41, 5.74) is -0.923. The van der Waals surface area contributed by atoms with Crippen molar-refractivity contribution in [1.82, 2.24) is 10.6 Å². The molecule has 16 heavy (non-hydrogen) atoms. The second-order valence-corrected chi connectivity index (χ2v) is 5.03. The second kappa shape index (κ2) is 5.18. The van der Waals surface area contributed by atoms with E-state index in [0.717, 1.165) is 12.3 Å². The maximum atomic E-state index is 11.3. The highest BCUT2D eigenvalue weighted by Crippen LogP contribution is 2.31. The number of hydrogen-bond acceptors (Lipinski definition) is 2. The molecule has 2 amide bonds. The lowest BCUT2D eigenvalue weighted by atomic mass is 9.94. The molecule has 0 aromatic carbocycles. The predicted octanol–water partition coefficient (Wildman–Crippen LogP) is 1.20. The molecule has 0 radical (unpaired) electrons. The summed E-state index contributed by atoms with van der Waals surface area (Å²) in [5, 5.41) is 14.1. The summed E-state index contributed by atoms with van der Waals surface area (Å²) in [6.07, 6.45) is 3.57. The van der Waals surface area contributed by atoms with Gasteiger partial charge in [0.05, 0.1) is 5.41 Å². The number of nitrogens with one attached hydrogen (secondary N) is 2. The van der Waals surface area contributed by atoms with Crippen molar-refractivity contribution in [1.29, 1.82) is 0 Å². The first-order chi connectivity index (χ1) is 7.42. The van der Waals surface area contributed by atoms with Gasteiger partial charge in [0, 0.05) is 13.1 Å². The summed E-state index contributed by atoms with van der Waals surface area (Å²) in [6, 6.07) is -0.282. The molecule has 1 fully saturated rings. The molecule has 0 atom stereocenters. The van der Waals surface area contributed by atoms with E-state index in [0.29, 0.717) is 6.54 Å². The summed E-state index contributed by atoms with van der Waals surface area (Å²) in [4.78, 5) is 22.1. The van der Waals surface area contributed by atoms with Gasteiger partial charge in [-0.25, -0.2) is 4.79 Å². The minimum absolute atomic E-state index is 0.137. The van der Waals surface area contributed by atoms with E-state index in [1.807, 2.05) is 0 Å². The largest absolute Gasteiger partial charge is 0.481 e. The van der Waals surface area contributed by atoms with Gasteiger partial charge in [-0.1, -0.05) is 12.8 Å². The average molecular weight is 228 g/mol. The van der Waals surface area contributed by atoms with Crippen molar-refractivity contribution >= 4 is 12.0 Å². The van der Waals surface area contributed by atoms with Gasteiger partial charge in [0.15, 0.2) is 0 Å². The van der Waals surface area contributed by atoms with E-state index < -0.39 is 11.4 Å². The van der Waals surface area contributed by atoms with E-state index in [1.165, 1.54) is 12.8 Å². The van der Waals surface area contributed by atoms with Crippen LogP contribution in [0.3, 0.4) is 0 Å². The number of carbonyl (C=O) groups is 2. The summed E-state index contributed by atoms with van der Waals surface area (Å²) < 4.78 is 0. The molecule has 1 saturated carbocycles. The molecule has 0 aromatic rings. The van der Waals surface area contributed by atoms with Crippen LogP contribution in [0.2, 0.25) is 0 Å². The molecule has 0 bridgehead atoms. The highest BCUT2D eigenvalue weighted by atomic mass is 16.4. The minimum Gasteiger partial charge on any atom is -0.481 e. The van der Waals surface area contributed by atoms with Gasteiger partial charge in [-0.3, -0.25) is 4.79 Å². The zero-order chi connectivity index (χ0) is 12.2. The number of carboxylic acids is 1. The molecule has 0 aliphatic heterocycles. The molecule has 1 aliphatic carbocycles. The van der Waals surface area contributed by atoms with Crippen LogP contribution in [0.5, 0.6) is 0 Å². The second-order valence-electron chi connectivity index (χ2n) is 5.03. The molecule has 0 heterocycles. The molecular weight excluding hydrogens is 208 g/mol. The smallest absolute Gasteiger partial charge is 0.314 e. The maximum absolute atomic E-state index is 11.3. The lowest BCUT2D eigenvalue weighted by Gasteiger charge is -2.19. The third kappa shape index (κ3) is 4.51. The predicted molar refractivity (Wildman–Crippen MR) is 60.2 cm³/mol. The summed E-state index contributed by atoms with van der Waals surface area (Å²) in [6.45, 7) is 3.97. The van der Waals surface area contributed by atoms with Crippen LogP contribution in [0.4, 0.5) is 4.79 Å². The van der Waals surface area contributed by atoms with Crippen molar-refractivity contribution in [3.63, 3.8) is 0 Å². The van der Waals surface area contributed by atoms with Crippen LogP contribution in [0.15, 0.2) is 0 Å². The fourth-order valence-electron chi connectivity index (χ4n) is 1.24. The van der Waals surface area contributed by atoms with Gasteiger partial charge in [-0.15, -0.1) is 0 Å². The van der Waals surface area contributed by atoms with Crippen LogP contribution in [0, 0.1) is 11.3 Å². The van der Waals surface area contributed by atoms with E-state index in [2.05, 4.69) is 10.6 Å². The van der Waals surface area contributed by atoms with Gasteiger partial charge in [-0.05, 0) is 26.2 Å². The average Bonchev–Trinajstić information content (AvgIpc) is 2.98. The molecule has 1 aliphatic rings. The van der Waals surface area contributed by atoms with Crippen LogP contribution in [-0.4, -0.2) is 30.2 Å². The number of hydrogen-bond donors (Lipinski definition) is 3. The molecule has 0 saturated heterocycles. The van der Waals surface area contributed by atoms with E-state index in [1.54, 1.807) is 13.8 Å². The number of aliphatic carboxylic acids is 1. The molecule has 0 unspecified atom stereocenters. The summed E-state index contributed by atoms with van der Waals surface area (Å²) >= 11 is 0. The first kappa shape index (κ1) is 12.8. The Labute approximate surface area is 95.6 Å². The van der Waals surface area contributed by atoms with Crippen LogP contribution in [0.25, 0.3) is 0 Å². The van der Waals surface area contributed by atoms with Crippen molar-refractivity contribution in [3.05, 3.63) is 0 Å². The van der Waals surface area contributed by atoms with Gasteiger partial charge < -0.3 is 15.7 Å². The SMILES string of the molecule is CC(C)(CNC(=O)NCCC1CC1)C(=O)O. The Morgan fingerprint density at radius 1 is 1.31 bits per heavy atom. The lowest BCUT2D eigenvalue weighted by molar-refractivity contribution is -0.146. The van der Waals surface area contributed by atoms with Crippen molar-refractivity contribution in [2.75, 3.05) is 13.1 Å². The van der Waals surface area contributed by atoms with Crippen molar-refractivity contribution < 1.29 is 14.7 Å². The van der Waals surface area contributed by atoms with Gasteiger partial charge in [0.1, 0.15) is 0 Å². The number of urea groups is 1. The third-order valence-corrected chi connectivity index (χ3v) is 2.80. The van der Waals surface area contributed by atoms with Gasteiger partial charge in [0.2, 0.25) is 0 Å². The number of carbonyl (C=O) groups excluding carboxylic acids is 1. The zero-order valence-electron chi connectivity index (χ0n) is 9.88. The van der Waals surface area contributed by atoms with Crippen LogP contribution >= 0.6 is 0 Å². The molecule has 3 N–H and O–H groups in total. The van der Waals surface area contributed by atoms with Crippen molar-refractivity contribution in [3.8, 4) is 0 Å². The quantitative estimate of drug-likeness (QED) is 0.639. The fraction of sp³-hybridized carbons (Fsp3) is 0.818. The molecule has 0 spiro atoms. The molecule has 0 aromatic heterocycles. The van der Waals surface area contributed by atoms with E-state index >= 15 is 0 Å². The summed E-state index contributed by atoms with van der Waals surface area (Å²) in [7, 11) is 0. The Morgan fingerprint density at radius 3 is 2.44 bits per heavy atom. The van der Waals surface area contributed by atoms with Gasteiger partial charge in [0.25, 0.3) is 0 Å². The Morgan fingerprint density at radius 2 is 1.94 bits per heavy atom. The minimum atomic E-state index is -0.923. The Hall–Kier alpha value is -1.26. The number of rotatable bonds is 6. The van der Waals surface area contributed by atoms with Crippen LogP contribution < -0.4 is 10.6 Å². The molecule has 92 valence electrons. The highest BCUT2D eigenvalue weighted by Gasteiger charge is 2.27. The first-order valence-electron chi connectivity index (χ1n) is 5.67. The molecule has 1 rings (SSSR count). The first-order valence-corrected chi connectivity index (χ1v) is 5.67. The van der Waals surface area contributed by atoms with Crippen molar-refractivity contribution in [2.45, 2.75) is 33.1 Å². The molecule has 5 nitrogen and oxygen atoms in total. The van der Waals surface area contributed by atoms with E-state index in [9.17, 15) is 9.59 Å². The van der Waals surface area contributed by atoms with Crippen LogP contribution in [-0.2, 0) is 4.79 Å². The Bertz CT molecular complexity index is 272. The Balaban J connectivity index is 2.10.